The number of carbonyl (C=O) groups excluding carboxylic acids is 1. The molecule has 0 atom stereocenters. The largest absolute Gasteiger partial charge is 0.426 e. The molecule has 1 heterocycles. The smallest absolute Gasteiger partial charge is 0.344 e. The molecule has 2 aromatic carbocycles. The summed E-state index contributed by atoms with van der Waals surface area (Å²) in [4.78, 5) is 23.5. The molecule has 0 fully saturated rings. The second-order valence-electron chi connectivity index (χ2n) is 5.08. The normalized spacial score (nSPS) is 10.6. The summed E-state index contributed by atoms with van der Waals surface area (Å²) in [5, 5.41) is 0.826. The minimum absolute atomic E-state index is 0.342. The lowest BCUT2D eigenvalue weighted by Gasteiger charge is -2.08. The lowest BCUT2D eigenvalue weighted by molar-refractivity contribution is -0.131. The van der Waals surface area contributed by atoms with Gasteiger partial charge < -0.3 is 9.15 Å². The molecule has 4 heteroatoms. The summed E-state index contributed by atoms with van der Waals surface area (Å²) < 4.78 is 10.5. The minimum atomic E-state index is -0.462. The van der Waals surface area contributed by atoms with Crippen LogP contribution in [0.25, 0.3) is 22.1 Å². The number of hydrogen-bond acceptors (Lipinski definition) is 4. The van der Waals surface area contributed by atoms with E-state index in [2.05, 4.69) is 0 Å². The van der Waals surface area contributed by atoms with Gasteiger partial charge in [-0.15, -0.1) is 0 Å². The minimum Gasteiger partial charge on any atom is -0.426 e. The number of esters is 1. The van der Waals surface area contributed by atoms with Crippen LogP contribution in [-0.4, -0.2) is 5.97 Å². The van der Waals surface area contributed by atoms with Crippen molar-refractivity contribution in [1.29, 1.82) is 0 Å². The molecule has 0 saturated carbocycles. The zero-order valence-corrected chi connectivity index (χ0v) is 12.3. The average molecular weight is 294 g/mol. The first kappa shape index (κ1) is 14.1. The van der Waals surface area contributed by atoms with Crippen LogP contribution in [0.5, 0.6) is 5.75 Å². The van der Waals surface area contributed by atoms with Crippen LogP contribution >= 0.6 is 0 Å². The number of carbonyl (C=O) groups is 1. The summed E-state index contributed by atoms with van der Waals surface area (Å²) in [6.07, 6.45) is 0. The van der Waals surface area contributed by atoms with Crippen LogP contribution < -0.4 is 10.4 Å². The highest BCUT2D eigenvalue weighted by Gasteiger charge is 2.13. The molecule has 0 aliphatic carbocycles. The van der Waals surface area contributed by atoms with E-state index in [4.69, 9.17) is 9.15 Å². The van der Waals surface area contributed by atoms with E-state index in [-0.39, 0.29) is 0 Å². The van der Waals surface area contributed by atoms with Gasteiger partial charge in [-0.05, 0) is 31.2 Å². The van der Waals surface area contributed by atoms with E-state index < -0.39 is 11.6 Å². The Morgan fingerprint density at radius 1 is 1.05 bits per heavy atom. The van der Waals surface area contributed by atoms with Gasteiger partial charge >= 0.3 is 11.6 Å². The molecule has 4 nitrogen and oxygen atoms in total. The zero-order chi connectivity index (χ0) is 15.7. The van der Waals surface area contributed by atoms with Crippen LogP contribution in [0, 0.1) is 6.92 Å². The molecule has 0 bridgehead atoms. The predicted octanol–water partition coefficient (Wildman–Crippen LogP) is 3.69. The zero-order valence-electron chi connectivity index (χ0n) is 12.3. The molecular formula is C18H14O4. The maximum Gasteiger partial charge on any atom is 0.344 e. The van der Waals surface area contributed by atoms with Crippen molar-refractivity contribution < 1.29 is 13.9 Å². The van der Waals surface area contributed by atoms with Crippen molar-refractivity contribution in [3.8, 4) is 16.9 Å². The van der Waals surface area contributed by atoms with Crippen molar-refractivity contribution in [2.24, 2.45) is 0 Å². The number of benzene rings is 2. The van der Waals surface area contributed by atoms with Crippen molar-refractivity contribution in [3.63, 3.8) is 0 Å². The van der Waals surface area contributed by atoms with Crippen molar-refractivity contribution in [2.75, 3.05) is 0 Å². The van der Waals surface area contributed by atoms with Gasteiger partial charge in [0.15, 0.2) is 0 Å². The van der Waals surface area contributed by atoms with E-state index in [0.29, 0.717) is 22.5 Å². The van der Waals surface area contributed by atoms with E-state index >= 15 is 0 Å². The highest BCUT2D eigenvalue weighted by Crippen LogP contribution is 2.29. The molecule has 0 radical (unpaired) electrons. The fraction of sp³-hybridized carbons (Fsp3) is 0.111. The highest BCUT2D eigenvalue weighted by atomic mass is 16.5. The van der Waals surface area contributed by atoms with Crippen molar-refractivity contribution >= 4 is 16.9 Å². The maximum atomic E-state index is 12.2. The van der Waals surface area contributed by atoms with Crippen molar-refractivity contribution in [1.82, 2.24) is 0 Å². The van der Waals surface area contributed by atoms with Crippen LogP contribution in [0.2, 0.25) is 0 Å². The average Bonchev–Trinajstić information content (AvgIpc) is 2.47. The quantitative estimate of drug-likeness (QED) is 0.411. The Bertz CT molecular complexity index is 922. The fourth-order valence-electron chi connectivity index (χ4n) is 2.36. The topological polar surface area (TPSA) is 56.5 Å². The Morgan fingerprint density at radius 3 is 2.59 bits per heavy atom. The standard InChI is InChI=1S/C18H14O4/c1-11-7-8-16-13(9-11)10-15(18(20)22-16)14-5-3-4-6-17(14)21-12(2)19/h3-10H,1-2H3. The summed E-state index contributed by atoms with van der Waals surface area (Å²) in [6.45, 7) is 3.29. The van der Waals surface area contributed by atoms with E-state index in [0.717, 1.165) is 10.9 Å². The molecule has 22 heavy (non-hydrogen) atoms. The molecule has 0 N–H and O–H groups in total. The second-order valence-corrected chi connectivity index (χ2v) is 5.08. The summed E-state index contributed by atoms with van der Waals surface area (Å²) in [5.74, 6) is -0.0947. The lowest BCUT2D eigenvalue weighted by atomic mass is 10.0. The summed E-state index contributed by atoms with van der Waals surface area (Å²) in [6, 6.07) is 14.3. The Hall–Kier alpha value is -2.88. The molecule has 3 rings (SSSR count). The van der Waals surface area contributed by atoms with E-state index in [1.165, 1.54) is 6.92 Å². The molecule has 0 aliphatic rings. The van der Waals surface area contributed by atoms with Gasteiger partial charge in [-0.3, -0.25) is 4.79 Å². The van der Waals surface area contributed by atoms with E-state index in [1.807, 2.05) is 19.1 Å². The second kappa shape index (κ2) is 5.48. The van der Waals surface area contributed by atoms with Gasteiger partial charge in [-0.25, -0.2) is 4.79 Å². The molecular weight excluding hydrogens is 280 g/mol. The number of rotatable bonds is 2. The van der Waals surface area contributed by atoms with Gasteiger partial charge in [0, 0.05) is 17.9 Å². The molecule has 0 unspecified atom stereocenters. The Labute approximate surface area is 127 Å². The monoisotopic (exact) mass is 294 g/mol. The molecule has 0 spiro atoms. The fourth-order valence-corrected chi connectivity index (χ4v) is 2.36. The lowest BCUT2D eigenvalue weighted by Crippen LogP contribution is -2.07. The first-order valence-corrected chi connectivity index (χ1v) is 6.87. The summed E-state index contributed by atoms with van der Waals surface area (Å²) >= 11 is 0. The third kappa shape index (κ3) is 2.63. The third-order valence-corrected chi connectivity index (χ3v) is 3.32. The Balaban J connectivity index is 2.24. The first-order chi connectivity index (χ1) is 10.5. The molecule has 0 aliphatic heterocycles. The van der Waals surface area contributed by atoms with Crippen LogP contribution in [0.15, 0.2) is 57.7 Å². The maximum absolute atomic E-state index is 12.2. The van der Waals surface area contributed by atoms with Gasteiger partial charge in [0.1, 0.15) is 11.3 Å². The number of fused-ring (bicyclic) bond motifs is 1. The van der Waals surface area contributed by atoms with Crippen LogP contribution in [-0.2, 0) is 4.79 Å². The van der Waals surface area contributed by atoms with E-state index in [9.17, 15) is 9.59 Å². The van der Waals surface area contributed by atoms with Crippen LogP contribution in [0.4, 0.5) is 0 Å². The summed E-state index contributed by atoms with van der Waals surface area (Å²) in [7, 11) is 0. The SMILES string of the molecule is CC(=O)Oc1ccccc1-c1cc2cc(C)ccc2oc1=O. The molecule has 0 amide bonds. The molecule has 3 aromatic rings. The third-order valence-electron chi connectivity index (χ3n) is 3.32. The Kier molecular flexibility index (Phi) is 3.51. The van der Waals surface area contributed by atoms with Gasteiger partial charge in [0.25, 0.3) is 0 Å². The van der Waals surface area contributed by atoms with Gasteiger partial charge in [-0.1, -0.05) is 29.8 Å². The van der Waals surface area contributed by atoms with Crippen LogP contribution in [0.1, 0.15) is 12.5 Å². The van der Waals surface area contributed by atoms with Gasteiger partial charge in [-0.2, -0.15) is 0 Å². The Morgan fingerprint density at radius 2 is 1.82 bits per heavy atom. The predicted molar refractivity (Wildman–Crippen MR) is 84.0 cm³/mol. The number of hydrogen-bond donors (Lipinski definition) is 0. The van der Waals surface area contributed by atoms with Crippen molar-refractivity contribution in [3.05, 3.63) is 64.5 Å². The first-order valence-electron chi connectivity index (χ1n) is 6.87. The summed E-state index contributed by atoms with van der Waals surface area (Å²) in [5.41, 5.74) is 2.05. The van der Waals surface area contributed by atoms with E-state index in [1.54, 1.807) is 36.4 Å². The highest BCUT2D eigenvalue weighted by molar-refractivity contribution is 5.84. The number of ether oxygens (including phenoxy) is 1. The number of aryl methyl sites for hydroxylation is 1. The molecule has 110 valence electrons. The van der Waals surface area contributed by atoms with Gasteiger partial charge in [0.2, 0.25) is 0 Å². The molecule has 1 aromatic heterocycles. The van der Waals surface area contributed by atoms with Crippen molar-refractivity contribution in [2.45, 2.75) is 13.8 Å². The number of para-hydroxylation sites is 1. The molecule has 0 saturated heterocycles. The van der Waals surface area contributed by atoms with Crippen LogP contribution in [0.3, 0.4) is 0 Å². The van der Waals surface area contributed by atoms with Gasteiger partial charge in [0.05, 0.1) is 5.56 Å².